The minimum Gasteiger partial charge on any atom is -0.338 e. The highest BCUT2D eigenvalue weighted by Crippen LogP contribution is 2.46. The molecular weight excluding hydrogens is 318 g/mol. The van der Waals surface area contributed by atoms with Gasteiger partial charge >= 0.3 is 0 Å². The van der Waals surface area contributed by atoms with E-state index < -0.39 is 0 Å². The molecule has 2 aromatic rings. The molecule has 2 aliphatic heterocycles. The fraction of sp³-hybridized carbons (Fsp3) is 0.474. The third kappa shape index (κ3) is 2.66. The number of likely N-dealkylation sites (tertiary alicyclic amines) is 2. The summed E-state index contributed by atoms with van der Waals surface area (Å²) in [7, 11) is 0. The normalized spacial score (nSPS) is 27.2. The van der Waals surface area contributed by atoms with Gasteiger partial charge in [0, 0.05) is 37.0 Å². The molecule has 4 nitrogen and oxygen atoms in total. The highest BCUT2D eigenvalue weighted by molar-refractivity contribution is 7.09. The van der Waals surface area contributed by atoms with Gasteiger partial charge in [-0.1, -0.05) is 30.3 Å². The van der Waals surface area contributed by atoms with Crippen molar-refractivity contribution < 1.29 is 4.79 Å². The molecule has 2 atom stereocenters. The SMILES string of the molecule is CC(=O)N1CC[C@]2(c3ccccc3)CCN(Cc3nccs3)C[C@@H]12. The number of fused-ring (bicyclic) bond motifs is 1. The second-order valence-corrected chi connectivity index (χ2v) is 7.89. The van der Waals surface area contributed by atoms with Crippen molar-refractivity contribution in [3.63, 3.8) is 0 Å². The Kier molecular flexibility index (Phi) is 4.14. The van der Waals surface area contributed by atoms with E-state index in [2.05, 4.69) is 45.1 Å². The molecule has 1 aromatic heterocycles. The second kappa shape index (κ2) is 6.30. The molecule has 3 heterocycles. The molecule has 24 heavy (non-hydrogen) atoms. The standard InChI is InChI=1S/C19H23N3OS/c1-15(23)22-11-8-19(16-5-3-2-4-6-16)7-10-21(13-17(19)22)14-18-20-9-12-24-18/h2-6,9,12,17H,7-8,10-11,13-14H2,1H3/t17-,19+/m1/s1. The molecule has 1 amide bonds. The third-order valence-electron chi connectivity index (χ3n) is 5.71. The molecule has 1 aromatic carbocycles. The van der Waals surface area contributed by atoms with Crippen molar-refractivity contribution in [1.29, 1.82) is 0 Å². The van der Waals surface area contributed by atoms with Gasteiger partial charge in [0.25, 0.3) is 0 Å². The summed E-state index contributed by atoms with van der Waals surface area (Å²) < 4.78 is 0. The largest absolute Gasteiger partial charge is 0.338 e. The van der Waals surface area contributed by atoms with Crippen molar-refractivity contribution >= 4 is 17.2 Å². The molecule has 4 rings (SSSR count). The lowest BCUT2D eigenvalue weighted by atomic mass is 9.69. The Balaban J connectivity index is 1.62. The number of aromatic nitrogens is 1. The molecule has 0 unspecified atom stereocenters. The topological polar surface area (TPSA) is 36.4 Å². The predicted octanol–water partition coefficient (Wildman–Crippen LogP) is 2.91. The van der Waals surface area contributed by atoms with E-state index >= 15 is 0 Å². The van der Waals surface area contributed by atoms with E-state index in [-0.39, 0.29) is 17.4 Å². The number of piperidine rings is 1. The van der Waals surface area contributed by atoms with Crippen LogP contribution < -0.4 is 0 Å². The molecule has 2 saturated heterocycles. The van der Waals surface area contributed by atoms with E-state index in [9.17, 15) is 4.79 Å². The van der Waals surface area contributed by atoms with Crippen LogP contribution in [0.2, 0.25) is 0 Å². The van der Waals surface area contributed by atoms with Crippen LogP contribution >= 0.6 is 11.3 Å². The zero-order valence-corrected chi connectivity index (χ0v) is 14.8. The number of carbonyl (C=O) groups excluding carboxylic acids is 1. The van der Waals surface area contributed by atoms with Crippen LogP contribution in [-0.4, -0.2) is 46.4 Å². The van der Waals surface area contributed by atoms with Crippen molar-refractivity contribution in [3.05, 3.63) is 52.5 Å². The van der Waals surface area contributed by atoms with Crippen LogP contribution in [0, 0.1) is 0 Å². The number of carbonyl (C=O) groups is 1. The number of rotatable bonds is 3. The molecule has 5 heteroatoms. The van der Waals surface area contributed by atoms with Gasteiger partial charge in [-0.05, 0) is 24.9 Å². The Bertz CT molecular complexity index is 703. The van der Waals surface area contributed by atoms with Gasteiger partial charge in [-0.2, -0.15) is 0 Å². The Morgan fingerprint density at radius 3 is 2.79 bits per heavy atom. The smallest absolute Gasteiger partial charge is 0.219 e. The van der Waals surface area contributed by atoms with Gasteiger partial charge in [0.15, 0.2) is 0 Å². The number of thiazole rings is 1. The number of amides is 1. The van der Waals surface area contributed by atoms with Crippen molar-refractivity contribution in [1.82, 2.24) is 14.8 Å². The van der Waals surface area contributed by atoms with Gasteiger partial charge < -0.3 is 4.90 Å². The van der Waals surface area contributed by atoms with Gasteiger partial charge in [0.2, 0.25) is 5.91 Å². The summed E-state index contributed by atoms with van der Waals surface area (Å²) in [5.74, 6) is 0.203. The number of benzene rings is 1. The van der Waals surface area contributed by atoms with Gasteiger partial charge in [-0.3, -0.25) is 9.69 Å². The quantitative estimate of drug-likeness (QED) is 0.861. The lowest BCUT2D eigenvalue weighted by Gasteiger charge is -2.46. The van der Waals surface area contributed by atoms with Crippen molar-refractivity contribution in [3.8, 4) is 0 Å². The van der Waals surface area contributed by atoms with Crippen molar-refractivity contribution in [2.75, 3.05) is 19.6 Å². The molecule has 0 spiro atoms. The minimum atomic E-state index is 0.117. The van der Waals surface area contributed by atoms with E-state index in [1.54, 1.807) is 18.3 Å². The van der Waals surface area contributed by atoms with E-state index in [0.717, 1.165) is 44.0 Å². The lowest BCUT2D eigenvalue weighted by Crippen LogP contribution is -2.56. The maximum absolute atomic E-state index is 12.2. The van der Waals surface area contributed by atoms with E-state index in [0.29, 0.717) is 0 Å². The van der Waals surface area contributed by atoms with Crippen LogP contribution in [0.1, 0.15) is 30.3 Å². The maximum atomic E-state index is 12.2. The number of hydrogen-bond donors (Lipinski definition) is 0. The molecular formula is C19H23N3OS. The Morgan fingerprint density at radius 1 is 1.29 bits per heavy atom. The van der Waals surface area contributed by atoms with E-state index in [4.69, 9.17) is 0 Å². The van der Waals surface area contributed by atoms with Crippen LogP contribution in [0.3, 0.4) is 0 Å². The van der Waals surface area contributed by atoms with Crippen LogP contribution in [0.25, 0.3) is 0 Å². The second-order valence-electron chi connectivity index (χ2n) is 6.91. The maximum Gasteiger partial charge on any atom is 0.219 e. The van der Waals surface area contributed by atoms with Crippen molar-refractivity contribution in [2.45, 2.75) is 37.8 Å². The first-order valence-corrected chi connectivity index (χ1v) is 9.50. The van der Waals surface area contributed by atoms with Gasteiger partial charge in [-0.25, -0.2) is 4.98 Å². The van der Waals surface area contributed by atoms with Crippen molar-refractivity contribution in [2.24, 2.45) is 0 Å². The van der Waals surface area contributed by atoms with E-state index in [1.165, 1.54) is 5.56 Å². The average molecular weight is 341 g/mol. The van der Waals surface area contributed by atoms with Crippen LogP contribution in [0.5, 0.6) is 0 Å². The molecule has 126 valence electrons. The van der Waals surface area contributed by atoms with Gasteiger partial charge in [0.05, 0.1) is 12.6 Å². The Labute approximate surface area is 147 Å². The first-order chi connectivity index (χ1) is 11.7. The zero-order chi connectivity index (χ0) is 16.6. The first kappa shape index (κ1) is 15.8. The van der Waals surface area contributed by atoms with Gasteiger partial charge in [-0.15, -0.1) is 11.3 Å². The Morgan fingerprint density at radius 2 is 2.08 bits per heavy atom. The number of nitrogens with zero attached hydrogens (tertiary/aromatic N) is 3. The van der Waals surface area contributed by atoms with Crippen LogP contribution in [-0.2, 0) is 16.8 Å². The van der Waals surface area contributed by atoms with Crippen LogP contribution in [0.15, 0.2) is 41.9 Å². The number of hydrogen-bond acceptors (Lipinski definition) is 4. The molecule has 0 radical (unpaired) electrons. The third-order valence-corrected chi connectivity index (χ3v) is 6.48. The zero-order valence-electron chi connectivity index (χ0n) is 14.0. The fourth-order valence-electron chi connectivity index (χ4n) is 4.49. The Hall–Kier alpha value is -1.72. The summed E-state index contributed by atoms with van der Waals surface area (Å²) in [6, 6.07) is 11.1. The fourth-order valence-corrected chi connectivity index (χ4v) is 5.15. The minimum absolute atomic E-state index is 0.117. The average Bonchev–Trinajstić information content (AvgIpc) is 3.23. The summed E-state index contributed by atoms with van der Waals surface area (Å²) in [6.45, 7) is 5.48. The lowest BCUT2D eigenvalue weighted by molar-refractivity contribution is -0.131. The summed E-state index contributed by atoms with van der Waals surface area (Å²) in [6.07, 6.45) is 4.05. The highest BCUT2D eigenvalue weighted by Gasteiger charge is 2.51. The molecule has 0 saturated carbocycles. The molecule has 0 bridgehead atoms. The molecule has 0 N–H and O–H groups in total. The predicted molar refractivity (Wildman–Crippen MR) is 95.9 cm³/mol. The summed E-state index contributed by atoms with van der Waals surface area (Å²) in [5, 5.41) is 3.19. The van der Waals surface area contributed by atoms with Crippen LogP contribution in [0.4, 0.5) is 0 Å². The molecule has 2 aliphatic rings. The highest BCUT2D eigenvalue weighted by atomic mass is 32.1. The monoisotopic (exact) mass is 341 g/mol. The van der Waals surface area contributed by atoms with Gasteiger partial charge in [0.1, 0.15) is 5.01 Å². The summed E-state index contributed by atoms with van der Waals surface area (Å²) >= 11 is 1.71. The molecule has 2 fully saturated rings. The van der Waals surface area contributed by atoms with E-state index in [1.807, 2.05) is 11.6 Å². The molecule has 0 aliphatic carbocycles. The summed E-state index contributed by atoms with van der Waals surface area (Å²) in [4.78, 5) is 21.2. The first-order valence-electron chi connectivity index (χ1n) is 8.62. The summed E-state index contributed by atoms with van der Waals surface area (Å²) in [5.41, 5.74) is 1.51.